The molecule has 2 heterocycles. The zero-order valence-electron chi connectivity index (χ0n) is 22.1. The molecule has 0 radical (unpaired) electrons. The maximum Gasteiger partial charge on any atom is 0.350 e. The molecule has 1 unspecified atom stereocenters. The van der Waals surface area contributed by atoms with Crippen molar-refractivity contribution in [2.24, 2.45) is 0 Å². The fraction of sp³-hybridized carbons (Fsp3) is 0.286. The van der Waals surface area contributed by atoms with Crippen molar-refractivity contribution in [1.29, 1.82) is 0 Å². The topological polar surface area (TPSA) is 135 Å². The van der Waals surface area contributed by atoms with Gasteiger partial charge in [0.05, 0.1) is 38.1 Å². The van der Waals surface area contributed by atoms with E-state index in [1.54, 1.807) is 25.1 Å². The van der Waals surface area contributed by atoms with Crippen LogP contribution in [0.2, 0.25) is 0 Å². The van der Waals surface area contributed by atoms with Crippen LogP contribution in [0.3, 0.4) is 0 Å². The highest BCUT2D eigenvalue weighted by atomic mass is 32.1. The fourth-order valence-electron chi connectivity index (χ4n) is 4.30. The van der Waals surface area contributed by atoms with Crippen LogP contribution in [0, 0.1) is 13.8 Å². The number of hydrogen-bond acceptors (Lipinski definition) is 10. The summed E-state index contributed by atoms with van der Waals surface area (Å²) in [4.78, 5) is 44.8. The number of aliphatic hydroxyl groups is 1. The third kappa shape index (κ3) is 5.05. The first-order chi connectivity index (χ1) is 18.6. The Kier molecular flexibility index (Phi) is 7.91. The lowest BCUT2D eigenvalue weighted by atomic mass is 9.94. The summed E-state index contributed by atoms with van der Waals surface area (Å²) in [6, 6.07) is 8.20. The van der Waals surface area contributed by atoms with Crippen molar-refractivity contribution >= 4 is 39.9 Å². The highest BCUT2D eigenvalue weighted by Gasteiger charge is 2.48. The number of ketones is 1. The van der Waals surface area contributed by atoms with Crippen LogP contribution < -0.4 is 14.4 Å². The van der Waals surface area contributed by atoms with Gasteiger partial charge in [-0.15, -0.1) is 0 Å². The maximum atomic E-state index is 13.5. The number of anilines is 1. The Labute approximate surface area is 229 Å². The number of benzene rings is 2. The third-order valence-corrected chi connectivity index (χ3v) is 7.37. The highest BCUT2D eigenvalue weighted by Crippen LogP contribution is 2.45. The minimum Gasteiger partial charge on any atom is -0.507 e. The van der Waals surface area contributed by atoms with E-state index < -0.39 is 23.7 Å². The van der Waals surface area contributed by atoms with Crippen molar-refractivity contribution in [3.05, 3.63) is 69.2 Å². The van der Waals surface area contributed by atoms with Crippen molar-refractivity contribution in [1.82, 2.24) is 4.98 Å². The van der Waals surface area contributed by atoms with E-state index in [1.165, 1.54) is 32.4 Å². The van der Waals surface area contributed by atoms with E-state index in [0.29, 0.717) is 29.2 Å². The maximum absolute atomic E-state index is 13.5. The second kappa shape index (κ2) is 11.2. The Morgan fingerprint density at radius 1 is 1.10 bits per heavy atom. The Bertz CT molecular complexity index is 1490. The molecule has 2 N–H and O–H groups in total. The number of nitrogens with zero attached hydrogens (tertiary/aromatic N) is 2. The van der Waals surface area contributed by atoms with Crippen molar-refractivity contribution in [2.45, 2.75) is 33.2 Å². The number of carbonyl (C=O) groups excluding carboxylic acids is 3. The Hall–Kier alpha value is -4.38. The molecule has 10 nitrogen and oxygen atoms in total. The average molecular weight is 553 g/mol. The predicted molar refractivity (Wildman–Crippen MR) is 145 cm³/mol. The smallest absolute Gasteiger partial charge is 0.350 e. The predicted octanol–water partition coefficient (Wildman–Crippen LogP) is 4.68. The number of aromatic nitrogens is 1. The van der Waals surface area contributed by atoms with Gasteiger partial charge in [0.2, 0.25) is 0 Å². The molecule has 0 bridgehead atoms. The van der Waals surface area contributed by atoms with Crippen LogP contribution in [0.4, 0.5) is 5.13 Å². The molecule has 1 saturated heterocycles. The lowest BCUT2D eigenvalue weighted by Crippen LogP contribution is -2.29. The quantitative estimate of drug-likeness (QED) is 0.177. The van der Waals surface area contributed by atoms with E-state index in [-0.39, 0.29) is 32.8 Å². The van der Waals surface area contributed by atoms with E-state index in [4.69, 9.17) is 14.2 Å². The first-order valence-electron chi connectivity index (χ1n) is 12.1. The van der Waals surface area contributed by atoms with Crippen LogP contribution in [0.25, 0.3) is 5.76 Å². The van der Waals surface area contributed by atoms with Crippen molar-refractivity contribution in [2.75, 3.05) is 25.7 Å². The number of thiazole rings is 1. The summed E-state index contributed by atoms with van der Waals surface area (Å²) in [5, 5.41) is 21.7. The molecule has 0 aliphatic carbocycles. The van der Waals surface area contributed by atoms with Crippen LogP contribution in [-0.2, 0) is 14.3 Å². The largest absolute Gasteiger partial charge is 0.507 e. The van der Waals surface area contributed by atoms with Crippen LogP contribution in [0.5, 0.6) is 17.2 Å². The summed E-state index contributed by atoms with van der Waals surface area (Å²) in [6.45, 7) is 5.92. The second-order valence-corrected chi connectivity index (χ2v) is 9.81. The lowest BCUT2D eigenvalue weighted by molar-refractivity contribution is -0.132. The number of rotatable bonds is 8. The Balaban J connectivity index is 1.92. The molecule has 2 aromatic carbocycles. The molecular formula is C28H28N2O8S. The lowest BCUT2D eigenvalue weighted by Gasteiger charge is -2.23. The van der Waals surface area contributed by atoms with Crippen LogP contribution >= 0.6 is 11.3 Å². The SMILES string of the molecule is CCCOc1ccc(/C(O)=C2\C(=O)C(=O)N(c3nc(C)c(C(=O)OC)s3)C2c2ccc(O)c(OC)c2)cc1C. The molecule has 1 amide bonds. The fourth-order valence-corrected chi connectivity index (χ4v) is 5.31. The molecule has 0 saturated carbocycles. The normalized spacial score (nSPS) is 16.4. The van der Waals surface area contributed by atoms with Crippen molar-refractivity contribution in [3.63, 3.8) is 0 Å². The summed E-state index contributed by atoms with van der Waals surface area (Å²) < 4.78 is 15.8. The Morgan fingerprint density at radius 3 is 2.49 bits per heavy atom. The van der Waals surface area contributed by atoms with Gasteiger partial charge in [0.25, 0.3) is 5.78 Å². The molecule has 39 heavy (non-hydrogen) atoms. The van der Waals surface area contributed by atoms with Crippen molar-refractivity contribution in [3.8, 4) is 17.2 Å². The minimum atomic E-state index is -1.13. The van der Waals surface area contributed by atoms with E-state index in [0.717, 1.165) is 28.2 Å². The van der Waals surface area contributed by atoms with Gasteiger partial charge >= 0.3 is 11.9 Å². The molecule has 4 rings (SSSR count). The molecule has 3 aromatic rings. The first kappa shape index (κ1) is 27.6. The van der Waals surface area contributed by atoms with Crippen LogP contribution in [-0.4, -0.2) is 53.7 Å². The number of aliphatic hydroxyl groups excluding tert-OH is 1. The zero-order chi connectivity index (χ0) is 28.4. The van der Waals surface area contributed by atoms with Gasteiger partial charge in [-0.2, -0.15) is 0 Å². The number of aryl methyl sites for hydroxylation is 2. The highest BCUT2D eigenvalue weighted by molar-refractivity contribution is 7.17. The average Bonchev–Trinajstić information content (AvgIpc) is 3.43. The van der Waals surface area contributed by atoms with Crippen LogP contribution in [0.1, 0.15) is 51.4 Å². The number of amides is 1. The Morgan fingerprint density at radius 2 is 1.85 bits per heavy atom. The molecule has 1 aliphatic rings. The molecule has 1 atom stereocenters. The van der Waals surface area contributed by atoms with Gasteiger partial charge in [0.15, 0.2) is 16.6 Å². The number of hydrogen-bond donors (Lipinski definition) is 2. The van der Waals surface area contributed by atoms with Gasteiger partial charge in [0.1, 0.15) is 16.4 Å². The molecule has 11 heteroatoms. The summed E-state index contributed by atoms with van der Waals surface area (Å²) in [7, 11) is 2.60. The number of Topliss-reactive ketones (excluding diaryl/α,β-unsaturated/α-hetero) is 1. The van der Waals surface area contributed by atoms with Gasteiger partial charge in [-0.25, -0.2) is 9.78 Å². The number of phenols is 1. The standard InChI is InChI=1S/C28H28N2O8S/c1-6-11-38-19-10-8-17(12-14(19)2)23(32)21-22(16-7-9-18(31)20(13-16)36-4)30(26(34)24(21)33)28-29-15(3)25(39-28)27(35)37-5/h7-10,12-13,22,31-32H,6,11H2,1-5H3/b23-21+. The molecule has 1 aliphatic heterocycles. The number of carbonyl (C=O) groups is 3. The molecule has 204 valence electrons. The van der Waals surface area contributed by atoms with Crippen molar-refractivity contribution < 1.29 is 38.8 Å². The number of aromatic hydroxyl groups is 1. The zero-order valence-corrected chi connectivity index (χ0v) is 22.9. The van der Waals surface area contributed by atoms with Gasteiger partial charge < -0.3 is 24.4 Å². The summed E-state index contributed by atoms with van der Waals surface area (Å²) in [5.74, 6) is -2.27. The number of phenolic OH excluding ortho intramolecular Hbond substituents is 1. The van der Waals surface area contributed by atoms with Gasteiger partial charge in [-0.05, 0) is 61.7 Å². The van der Waals surface area contributed by atoms with Gasteiger partial charge in [0, 0.05) is 5.56 Å². The molecule has 1 fully saturated rings. The van der Waals surface area contributed by atoms with E-state index in [2.05, 4.69) is 4.98 Å². The second-order valence-electron chi connectivity index (χ2n) is 8.83. The van der Waals surface area contributed by atoms with Crippen LogP contribution in [0.15, 0.2) is 42.0 Å². The van der Waals surface area contributed by atoms with E-state index in [9.17, 15) is 24.6 Å². The van der Waals surface area contributed by atoms with E-state index >= 15 is 0 Å². The first-order valence-corrected chi connectivity index (χ1v) is 12.9. The summed E-state index contributed by atoms with van der Waals surface area (Å²) >= 11 is 0.894. The number of esters is 1. The summed E-state index contributed by atoms with van der Waals surface area (Å²) in [5.41, 5.74) is 1.57. The monoisotopic (exact) mass is 552 g/mol. The molecule has 1 aromatic heterocycles. The minimum absolute atomic E-state index is 0.0746. The van der Waals surface area contributed by atoms with E-state index in [1.807, 2.05) is 13.8 Å². The van der Waals surface area contributed by atoms with Gasteiger partial charge in [-0.3, -0.25) is 14.5 Å². The number of methoxy groups -OCH3 is 2. The number of ether oxygens (including phenoxy) is 3. The summed E-state index contributed by atoms with van der Waals surface area (Å²) in [6.07, 6.45) is 0.828. The molecular weight excluding hydrogens is 524 g/mol. The van der Waals surface area contributed by atoms with Gasteiger partial charge in [-0.1, -0.05) is 24.3 Å². The molecule has 0 spiro atoms. The third-order valence-electron chi connectivity index (χ3n) is 6.24.